The summed E-state index contributed by atoms with van der Waals surface area (Å²) in [6.45, 7) is 5.84. The molecule has 0 fully saturated rings. The third-order valence-corrected chi connectivity index (χ3v) is 4.57. The lowest BCUT2D eigenvalue weighted by molar-refractivity contribution is -0.385. The van der Waals surface area contributed by atoms with Crippen molar-refractivity contribution in [2.45, 2.75) is 26.8 Å². The van der Waals surface area contributed by atoms with E-state index in [2.05, 4.69) is 4.74 Å². The monoisotopic (exact) mass is 404 g/mol. The van der Waals surface area contributed by atoms with Gasteiger partial charge in [0.15, 0.2) is 12.4 Å². The number of carbonyl (C=O) groups excluding carboxylic acids is 2. The van der Waals surface area contributed by atoms with Crippen LogP contribution in [0.2, 0.25) is 0 Å². The number of ether oxygens (including phenoxy) is 3. The van der Waals surface area contributed by atoms with Crippen LogP contribution in [-0.2, 0) is 9.47 Å². The maximum atomic E-state index is 12.7. The van der Waals surface area contributed by atoms with Gasteiger partial charge in [-0.3, -0.25) is 14.9 Å². The minimum Gasteiger partial charge on any atom is -0.478 e. The second-order valence-electron chi connectivity index (χ2n) is 6.60. The van der Waals surface area contributed by atoms with Crippen LogP contribution < -0.4 is 4.74 Å². The van der Waals surface area contributed by atoms with Gasteiger partial charge in [-0.15, -0.1) is 0 Å². The molecule has 9 heteroatoms. The third kappa shape index (κ3) is 4.80. The standard InChI is InChI=1S/C20H24N2O7/c1-12-8-16(14(3)21(12)13(2)10-27-4)18(23)11-29-19-7-6-15(20(24)28-5)9-17(19)22(25)26/h6-9,13H,10-11H2,1-5H3/t13-/m1/s1. The largest absolute Gasteiger partial charge is 0.478 e. The molecule has 0 aliphatic heterocycles. The molecule has 1 aromatic carbocycles. The van der Waals surface area contributed by atoms with Crippen molar-refractivity contribution in [3.05, 3.63) is 56.9 Å². The van der Waals surface area contributed by atoms with Gasteiger partial charge in [0, 0.05) is 30.1 Å². The van der Waals surface area contributed by atoms with Gasteiger partial charge in [-0.2, -0.15) is 0 Å². The molecular weight excluding hydrogens is 380 g/mol. The molecule has 0 aliphatic rings. The third-order valence-electron chi connectivity index (χ3n) is 4.57. The van der Waals surface area contributed by atoms with Crippen molar-refractivity contribution in [1.29, 1.82) is 0 Å². The molecule has 0 aliphatic carbocycles. The number of rotatable bonds is 9. The number of benzene rings is 1. The number of aryl methyl sites for hydroxylation is 1. The lowest BCUT2D eigenvalue weighted by Crippen LogP contribution is -2.16. The van der Waals surface area contributed by atoms with E-state index in [9.17, 15) is 19.7 Å². The first-order chi connectivity index (χ1) is 13.7. The predicted octanol–water partition coefficient (Wildman–Crippen LogP) is 3.27. The minimum atomic E-state index is -0.701. The molecule has 2 aromatic rings. The van der Waals surface area contributed by atoms with E-state index < -0.39 is 16.6 Å². The lowest BCUT2D eigenvalue weighted by atomic mass is 10.1. The van der Waals surface area contributed by atoms with Gasteiger partial charge in [-0.05, 0) is 39.0 Å². The van der Waals surface area contributed by atoms with E-state index in [0.717, 1.165) is 17.5 Å². The highest BCUT2D eigenvalue weighted by molar-refractivity contribution is 5.98. The van der Waals surface area contributed by atoms with Crippen LogP contribution in [0.25, 0.3) is 0 Å². The lowest BCUT2D eigenvalue weighted by Gasteiger charge is -2.17. The number of esters is 1. The molecule has 0 amide bonds. The summed E-state index contributed by atoms with van der Waals surface area (Å²) in [5.41, 5.74) is 1.77. The van der Waals surface area contributed by atoms with Gasteiger partial charge < -0.3 is 18.8 Å². The van der Waals surface area contributed by atoms with Crippen LogP contribution in [0.5, 0.6) is 5.75 Å². The van der Waals surface area contributed by atoms with Crippen LogP contribution in [0.4, 0.5) is 5.69 Å². The van der Waals surface area contributed by atoms with Crippen LogP contribution in [0.15, 0.2) is 24.3 Å². The van der Waals surface area contributed by atoms with Crippen molar-refractivity contribution >= 4 is 17.4 Å². The van der Waals surface area contributed by atoms with Gasteiger partial charge in [0.1, 0.15) is 0 Å². The summed E-state index contributed by atoms with van der Waals surface area (Å²) in [4.78, 5) is 34.9. The highest BCUT2D eigenvalue weighted by atomic mass is 16.6. The highest BCUT2D eigenvalue weighted by Crippen LogP contribution is 2.29. The fourth-order valence-corrected chi connectivity index (χ4v) is 3.30. The van der Waals surface area contributed by atoms with E-state index in [1.54, 1.807) is 13.2 Å². The molecule has 1 aromatic heterocycles. The zero-order valence-electron chi connectivity index (χ0n) is 17.1. The van der Waals surface area contributed by atoms with Crippen LogP contribution in [0, 0.1) is 24.0 Å². The van der Waals surface area contributed by atoms with Crippen molar-refractivity contribution in [1.82, 2.24) is 4.57 Å². The first kappa shape index (κ1) is 22.1. The number of methoxy groups -OCH3 is 2. The van der Waals surface area contributed by atoms with Gasteiger partial charge in [0.05, 0.1) is 30.2 Å². The zero-order chi connectivity index (χ0) is 21.7. The molecule has 1 heterocycles. The predicted molar refractivity (Wildman–Crippen MR) is 105 cm³/mol. The molecule has 0 saturated heterocycles. The summed E-state index contributed by atoms with van der Waals surface area (Å²) in [6, 6.07) is 5.50. The first-order valence-electron chi connectivity index (χ1n) is 8.91. The normalized spacial score (nSPS) is 11.8. The van der Waals surface area contributed by atoms with Crippen molar-refractivity contribution in [2.24, 2.45) is 0 Å². The Morgan fingerprint density at radius 2 is 1.90 bits per heavy atom. The summed E-state index contributed by atoms with van der Waals surface area (Å²) < 4.78 is 17.2. The molecule has 0 N–H and O–H groups in total. The van der Waals surface area contributed by atoms with E-state index in [1.807, 2.05) is 25.3 Å². The summed E-state index contributed by atoms with van der Waals surface area (Å²) in [5.74, 6) is -1.11. The van der Waals surface area contributed by atoms with Crippen LogP contribution in [0.1, 0.15) is 45.1 Å². The molecule has 0 radical (unpaired) electrons. The number of nitro benzene ring substituents is 1. The van der Waals surface area contributed by atoms with E-state index in [-0.39, 0.29) is 29.7 Å². The number of Topliss-reactive ketones (excluding diaryl/α,β-unsaturated/α-hetero) is 1. The Labute approximate surface area is 168 Å². The molecule has 0 spiro atoms. The molecule has 0 bridgehead atoms. The number of ketones is 1. The van der Waals surface area contributed by atoms with E-state index >= 15 is 0 Å². The van der Waals surface area contributed by atoms with Gasteiger partial charge in [-0.25, -0.2) is 4.79 Å². The van der Waals surface area contributed by atoms with Gasteiger partial charge in [0.2, 0.25) is 5.78 Å². The van der Waals surface area contributed by atoms with Crippen LogP contribution in [0.3, 0.4) is 0 Å². The smallest absolute Gasteiger partial charge is 0.338 e. The Kier molecular flexibility index (Phi) is 7.11. The summed E-state index contributed by atoms with van der Waals surface area (Å²) in [6.07, 6.45) is 0. The molecule has 0 unspecified atom stereocenters. The van der Waals surface area contributed by atoms with Crippen molar-refractivity contribution in [3.63, 3.8) is 0 Å². The van der Waals surface area contributed by atoms with Gasteiger partial charge in [-0.1, -0.05) is 0 Å². The fraction of sp³-hybridized carbons (Fsp3) is 0.400. The second kappa shape index (κ2) is 9.33. The topological polar surface area (TPSA) is 110 Å². The zero-order valence-corrected chi connectivity index (χ0v) is 17.1. The average molecular weight is 404 g/mol. The molecular formula is C20H24N2O7. The van der Waals surface area contributed by atoms with Gasteiger partial charge in [0.25, 0.3) is 0 Å². The van der Waals surface area contributed by atoms with Crippen molar-refractivity contribution in [3.8, 4) is 5.75 Å². The van der Waals surface area contributed by atoms with E-state index in [0.29, 0.717) is 12.2 Å². The Bertz CT molecular complexity index is 933. The quantitative estimate of drug-likeness (QED) is 0.273. The molecule has 29 heavy (non-hydrogen) atoms. The number of carbonyl (C=O) groups is 2. The average Bonchev–Trinajstić information content (AvgIpc) is 2.99. The minimum absolute atomic E-state index is 0.0218. The fourth-order valence-electron chi connectivity index (χ4n) is 3.30. The summed E-state index contributed by atoms with van der Waals surface area (Å²) >= 11 is 0. The summed E-state index contributed by atoms with van der Waals surface area (Å²) in [7, 11) is 2.80. The number of hydrogen-bond acceptors (Lipinski definition) is 7. The van der Waals surface area contributed by atoms with E-state index in [1.165, 1.54) is 19.2 Å². The summed E-state index contributed by atoms with van der Waals surface area (Å²) in [5, 5.41) is 11.3. The maximum Gasteiger partial charge on any atom is 0.338 e. The Hall–Kier alpha value is -3.20. The van der Waals surface area contributed by atoms with Crippen LogP contribution in [-0.4, -0.2) is 48.7 Å². The van der Waals surface area contributed by atoms with Crippen LogP contribution >= 0.6 is 0 Å². The Balaban J connectivity index is 2.22. The maximum absolute atomic E-state index is 12.7. The van der Waals surface area contributed by atoms with Gasteiger partial charge >= 0.3 is 11.7 Å². The Morgan fingerprint density at radius 3 is 2.48 bits per heavy atom. The molecule has 1 atom stereocenters. The second-order valence-corrected chi connectivity index (χ2v) is 6.60. The van der Waals surface area contributed by atoms with Crippen molar-refractivity contribution in [2.75, 3.05) is 27.4 Å². The molecule has 0 saturated carbocycles. The molecule has 9 nitrogen and oxygen atoms in total. The molecule has 2 rings (SSSR count). The highest BCUT2D eigenvalue weighted by Gasteiger charge is 2.22. The number of nitrogens with zero attached hydrogens (tertiary/aromatic N) is 2. The molecule has 156 valence electrons. The Morgan fingerprint density at radius 1 is 1.21 bits per heavy atom. The number of hydrogen-bond donors (Lipinski definition) is 0. The van der Waals surface area contributed by atoms with E-state index in [4.69, 9.17) is 9.47 Å². The number of nitro groups is 1. The number of aromatic nitrogens is 1. The van der Waals surface area contributed by atoms with Crippen molar-refractivity contribution < 1.29 is 28.7 Å². The first-order valence-corrected chi connectivity index (χ1v) is 8.91. The SMILES string of the molecule is COC[C@@H](C)n1c(C)cc(C(=O)COc2ccc(C(=O)OC)cc2[N+](=O)[O-])c1C.